The van der Waals surface area contributed by atoms with E-state index >= 15 is 0 Å². The van der Waals surface area contributed by atoms with Crippen LogP contribution in [0.1, 0.15) is 44.1 Å². The van der Waals surface area contributed by atoms with E-state index in [4.69, 9.17) is 4.74 Å². The third kappa shape index (κ3) is 4.19. The summed E-state index contributed by atoms with van der Waals surface area (Å²) < 4.78 is 56.6. The first-order valence-electron chi connectivity index (χ1n) is 6.80. The predicted octanol–water partition coefficient (Wildman–Crippen LogP) is 4.19. The molecular formula is C15H16F4O2. The van der Waals surface area contributed by atoms with E-state index in [2.05, 4.69) is 0 Å². The fourth-order valence-electron chi connectivity index (χ4n) is 2.58. The second-order valence-corrected chi connectivity index (χ2v) is 5.47. The molecule has 1 aliphatic carbocycles. The summed E-state index contributed by atoms with van der Waals surface area (Å²) >= 11 is 0. The van der Waals surface area contributed by atoms with E-state index in [0.717, 1.165) is 6.07 Å². The molecule has 0 radical (unpaired) electrons. The van der Waals surface area contributed by atoms with Crippen molar-refractivity contribution >= 4 is 5.97 Å². The lowest BCUT2D eigenvalue weighted by Gasteiger charge is -2.29. The molecule has 1 fully saturated rings. The Morgan fingerprint density at radius 2 is 1.62 bits per heavy atom. The Bertz CT molecular complexity index is 497. The first-order chi connectivity index (χ1) is 9.75. The lowest BCUT2D eigenvalue weighted by Crippen LogP contribution is -2.32. The topological polar surface area (TPSA) is 26.3 Å². The Kier molecular flexibility index (Phi) is 4.54. The van der Waals surface area contributed by atoms with Crippen molar-refractivity contribution in [2.45, 2.75) is 50.6 Å². The van der Waals surface area contributed by atoms with E-state index in [-0.39, 0.29) is 5.92 Å². The number of halogens is 4. The molecule has 0 atom stereocenters. The van der Waals surface area contributed by atoms with Crippen molar-refractivity contribution in [1.82, 2.24) is 0 Å². The summed E-state index contributed by atoms with van der Waals surface area (Å²) in [4.78, 5) is 11.1. The molecule has 0 bridgehead atoms. The van der Waals surface area contributed by atoms with E-state index < -0.39 is 29.6 Å². The summed E-state index contributed by atoms with van der Waals surface area (Å²) in [5.41, 5.74) is 0.554. The number of carbonyl (C=O) groups excluding carboxylic acids is 1. The fraction of sp³-hybridized carbons (Fsp3) is 0.533. The molecule has 1 aromatic rings. The number of carbonyl (C=O) groups is 1. The summed E-state index contributed by atoms with van der Waals surface area (Å²) in [6, 6.07) is 3.36. The van der Waals surface area contributed by atoms with Crippen LogP contribution in [0, 0.1) is 11.6 Å². The van der Waals surface area contributed by atoms with E-state index in [1.165, 1.54) is 12.1 Å². The molecule has 0 saturated heterocycles. The summed E-state index contributed by atoms with van der Waals surface area (Å²) in [5.74, 6) is -6.34. The Morgan fingerprint density at radius 3 is 2.10 bits per heavy atom. The minimum atomic E-state index is -3.50. The van der Waals surface area contributed by atoms with Gasteiger partial charge in [0.05, 0.1) is 0 Å². The van der Waals surface area contributed by atoms with Crippen LogP contribution in [0.4, 0.5) is 17.6 Å². The van der Waals surface area contributed by atoms with Gasteiger partial charge in [0.15, 0.2) is 0 Å². The Hall–Kier alpha value is -1.59. The number of esters is 1. The molecule has 6 heteroatoms. The summed E-state index contributed by atoms with van der Waals surface area (Å²) in [6.07, 6.45) is 1.33. The molecule has 0 aromatic heterocycles. The van der Waals surface area contributed by atoms with Crippen LogP contribution in [-0.2, 0) is 9.53 Å². The third-order valence-electron chi connectivity index (χ3n) is 3.66. The fourth-order valence-corrected chi connectivity index (χ4v) is 2.58. The zero-order valence-corrected chi connectivity index (χ0v) is 11.5. The van der Waals surface area contributed by atoms with Crippen molar-refractivity contribution in [3.05, 3.63) is 35.4 Å². The number of hydrogen-bond donors (Lipinski definition) is 0. The zero-order chi connectivity index (χ0) is 15.6. The Labute approximate surface area is 120 Å². The molecule has 0 amide bonds. The number of alkyl halides is 2. The van der Waals surface area contributed by atoms with E-state index in [0.29, 0.717) is 38.2 Å². The number of hydrogen-bond acceptors (Lipinski definition) is 2. The van der Waals surface area contributed by atoms with Crippen molar-refractivity contribution < 1.29 is 27.1 Å². The largest absolute Gasteiger partial charge is 0.458 e. The van der Waals surface area contributed by atoms with Gasteiger partial charge in [-0.25, -0.2) is 13.6 Å². The molecule has 21 heavy (non-hydrogen) atoms. The molecule has 0 unspecified atom stereocenters. The second-order valence-electron chi connectivity index (χ2n) is 5.47. The Balaban J connectivity index is 1.93. The van der Waals surface area contributed by atoms with Crippen molar-refractivity contribution in [1.29, 1.82) is 0 Å². The van der Waals surface area contributed by atoms with Crippen LogP contribution in [0.3, 0.4) is 0 Å². The first kappa shape index (κ1) is 15.8. The lowest BCUT2D eigenvalue weighted by atomic mass is 9.82. The quantitative estimate of drug-likeness (QED) is 0.618. The molecule has 0 spiro atoms. The standard InChI is InChI=1S/C15H16F4O2/c1-15(18,19)14(20)21-13-4-2-9(3-5-13)10-6-11(16)8-12(17)7-10/h6-9,13H,2-5H2,1H3. The van der Waals surface area contributed by atoms with E-state index in [1.807, 2.05) is 0 Å². The van der Waals surface area contributed by atoms with Crippen LogP contribution in [0.2, 0.25) is 0 Å². The monoisotopic (exact) mass is 304 g/mol. The van der Waals surface area contributed by atoms with Gasteiger partial charge in [0.2, 0.25) is 0 Å². The smallest absolute Gasteiger partial charge is 0.376 e. The van der Waals surface area contributed by atoms with Gasteiger partial charge < -0.3 is 4.74 Å². The second kappa shape index (κ2) is 6.03. The van der Waals surface area contributed by atoms with Crippen molar-refractivity contribution in [2.75, 3.05) is 0 Å². The molecule has 0 N–H and O–H groups in total. The van der Waals surface area contributed by atoms with Crippen molar-refractivity contribution in [3.63, 3.8) is 0 Å². The minimum absolute atomic E-state index is 0.0488. The highest BCUT2D eigenvalue weighted by atomic mass is 19.3. The predicted molar refractivity (Wildman–Crippen MR) is 68.1 cm³/mol. The van der Waals surface area contributed by atoms with Gasteiger partial charge in [-0.1, -0.05) is 0 Å². The zero-order valence-electron chi connectivity index (χ0n) is 11.5. The van der Waals surface area contributed by atoms with Gasteiger partial charge in [-0.05, 0) is 49.3 Å². The normalized spacial score (nSPS) is 22.9. The first-order valence-corrected chi connectivity index (χ1v) is 6.80. The molecule has 2 rings (SSSR count). The molecule has 1 saturated carbocycles. The summed E-state index contributed by atoms with van der Waals surface area (Å²) in [6.45, 7) is 0.497. The van der Waals surface area contributed by atoms with Gasteiger partial charge in [0.1, 0.15) is 17.7 Å². The van der Waals surface area contributed by atoms with Crippen molar-refractivity contribution in [2.24, 2.45) is 0 Å². The minimum Gasteiger partial charge on any atom is -0.458 e. The SMILES string of the molecule is CC(F)(F)C(=O)OC1CCC(c2cc(F)cc(F)c2)CC1. The molecule has 2 nitrogen and oxygen atoms in total. The van der Waals surface area contributed by atoms with Crippen LogP contribution >= 0.6 is 0 Å². The van der Waals surface area contributed by atoms with Gasteiger partial charge in [-0.2, -0.15) is 8.78 Å². The molecule has 1 aliphatic rings. The highest BCUT2D eigenvalue weighted by Crippen LogP contribution is 2.35. The average Bonchev–Trinajstić information content (AvgIpc) is 2.37. The molecule has 1 aromatic carbocycles. The van der Waals surface area contributed by atoms with Crippen LogP contribution in [0.15, 0.2) is 18.2 Å². The maximum Gasteiger partial charge on any atom is 0.376 e. The van der Waals surface area contributed by atoms with Gasteiger partial charge in [-0.3, -0.25) is 0 Å². The third-order valence-corrected chi connectivity index (χ3v) is 3.66. The van der Waals surface area contributed by atoms with Crippen LogP contribution in [0.25, 0.3) is 0 Å². The lowest BCUT2D eigenvalue weighted by molar-refractivity contribution is -0.176. The van der Waals surface area contributed by atoms with Gasteiger partial charge >= 0.3 is 11.9 Å². The Morgan fingerprint density at radius 1 is 1.10 bits per heavy atom. The molecule has 116 valence electrons. The van der Waals surface area contributed by atoms with Gasteiger partial charge in [-0.15, -0.1) is 0 Å². The summed E-state index contributed by atoms with van der Waals surface area (Å²) in [5, 5.41) is 0. The molecule has 0 aliphatic heterocycles. The number of benzene rings is 1. The van der Waals surface area contributed by atoms with Crippen LogP contribution in [0.5, 0.6) is 0 Å². The van der Waals surface area contributed by atoms with Crippen molar-refractivity contribution in [3.8, 4) is 0 Å². The van der Waals surface area contributed by atoms with Gasteiger partial charge in [0.25, 0.3) is 0 Å². The average molecular weight is 304 g/mol. The van der Waals surface area contributed by atoms with Crippen LogP contribution < -0.4 is 0 Å². The summed E-state index contributed by atoms with van der Waals surface area (Å²) in [7, 11) is 0. The maximum atomic E-state index is 13.2. The molecule has 0 heterocycles. The molecular weight excluding hydrogens is 288 g/mol. The van der Waals surface area contributed by atoms with E-state index in [1.54, 1.807) is 0 Å². The highest BCUT2D eigenvalue weighted by molar-refractivity contribution is 5.77. The highest BCUT2D eigenvalue weighted by Gasteiger charge is 2.37. The number of ether oxygens (including phenoxy) is 1. The van der Waals surface area contributed by atoms with Crippen LogP contribution in [-0.4, -0.2) is 18.0 Å². The number of rotatable bonds is 3. The maximum absolute atomic E-state index is 13.2. The van der Waals surface area contributed by atoms with E-state index in [9.17, 15) is 22.4 Å². The van der Waals surface area contributed by atoms with Gasteiger partial charge in [0, 0.05) is 13.0 Å².